The number of fused-ring (bicyclic) bond motifs is 1. The highest BCUT2D eigenvalue weighted by molar-refractivity contribution is 7.21. The Morgan fingerprint density at radius 3 is 2.93 bits per heavy atom. The van der Waals surface area contributed by atoms with Gasteiger partial charge in [-0.05, 0) is 37.1 Å². The summed E-state index contributed by atoms with van der Waals surface area (Å²) in [5.41, 5.74) is 8.74. The molecule has 1 unspecified atom stereocenters. The number of nitrogens with zero attached hydrogens (tertiary/aromatic N) is 5. The molecule has 0 bridgehead atoms. The third-order valence-corrected chi connectivity index (χ3v) is 5.74. The summed E-state index contributed by atoms with van der Waals surface area (Å²) < 4.78 is 14.6. The van der Waals surface area contributed by atoms with Crippen LogP contribution in [0.1, 0.15) is 18.5 Å². The van der Waals surface area contributed by atoms with E-state index < -0.39 is 6.17 Å². The van der Waals surface area contributed by atoms with Crippen LogP contribution in [0.25, 0.3) is 26.5 Å². The van der Waals surface area contributed by atoms with E-state index in [0.29, 0.717) is 18.6 Å². The lowest BCUT2D eigenvalue weighted by atomic mass is 10.1. The number of aromatic nitrogens is 3. The first-order valence-electron chi connectivity index (χ1n) is 9.15. The SMILES string of the molecule is CN=CC(=CN)c1ccc2sc(-c3ccc(N4CCCC(F)C4)nc3)nc2n1. The van der Waals surface area contributed by atoms with Crippen LogP contribution >= 0.6 is 11.3 Å². The molecule has 3 aromatic rings. The van der Waals surface area contributed by atoms with Gasteiger partial charge in [0.1, 0.15) is 17.0 Å². The van der Waals surface area contributed by atoms with Gasteiger partial charge in [0.15, 0.2) is 5.65 Å². The number of piperidine rings is 1. The van der Waals surface area contributed by atoms with Crippen molar-refractivity contribution in [1.82, 2.24) is 15.0 Å². The van der Waals surface area contributed by atoms with Crippen LogP contribution in [0.2, 0.25) is 0 Å². The van der Waals surface area contributed by atoms with Crippen LogP contribution in [0.5, 0.6) is 0 Å². The maximum absolute atomic E-state index is 13.6. The van der Waals surface area contributed by atoms with Crippen LogP contribution in [0.3, 0.4) is 0 Å². The summed E-state index contributed by atoms with van der Waals surface area (Å²) in [5, 5.41) is 0.850. The van der Waals surface area contributed by atoms with Gasteiger partial charge in [-0.15, -0.1) is 11.3 Å². The molecule has 2 N–H and O–H groups in total. The molecule has 4 heterocycles. The molecule has 0 saturated carbocycles. The molecule has 0 aliphatic carbocycles. The summed E-state index contributed by atoms with van der Waals surface area (Å²) in [6.07, 6.45) is 5.68. The minimum Gasteiger partial charge on any atom is -0.404 e. The van der Waals surface area contributed by atoms with E-state index in [2.05, 4.69) is 19.9 Å². The lowest BCUT2D eigenvalue weighted by Crippen LogP contribution is -2.36. The third-order valence-electron chi connectivity index (χ3n) is 4.68. The summed E-state index contributed by atoms with van der Waals surface area (Å²) >= 11 is 1.56. The average molecular weight is 396 g/mol. The molecule has 8 heteroatoms. The van der Waals surface area contributed by atoms with E-state index in [4.69, 9.17) is 5.73 Å². The highest BCUT2D eigenvalue weighted by Crippen LogP contribution is 2.31. The minimum absolute atomic E-state index is 0.415. The van der Waals surface area contributed by atoms with E-state index >= 15 is 0 Å². The second kappa shape index (κ2) is 8.02. The number of allylic oxidation sites excluding steroid dienone is 1. The molecule has 1 fully saturated rings. The number of rotatable bonds is 4. The van der Waals surface area contributed by atoms with E-state index in [0.717, 1.165) is 45.3 Å². The van der Waals surface area contributed by atoms with Gasteiger partial charge in [0, 0.05) is 43.3 Å². The Kier molecular flexibility index (Phi) is 5.29. The molecule has 1 saturated heterocycles. The van der Waals surface area contributed by atoms with Crippen molar-refractivity contribution in [3.8, 4) is 10.6 Å². The van der Waals surface area contributed by atoms with Gasteiger partial charge in [0.25, 0.3) is 0 Å². The van der Waals surface area contributed by atoms with Crippen molar-refractivity contribution in [3.05, 3.63) is 42.4 Å². The van der Waals surface area contributed by atoms with Crippen molar-refractivity contribution < 1.29 is 4.39 Å². The summed E-state index contributed by atoms with van der Waals surface area (Å²) in [6, 6.07) is 7.82. The van der Waals surface area contributed by atoms with E-state index in [-0.39, 0.29) is 0 Å². The minimum atomic E-state index is -0.773. The number of hydrogen-bond acceptors (Lipinski definition) is 7. The van der Waals surface area contributed by atoms with Crippen molar-refractivity contribution in [2.75, 3.05) is 25.0 Å². The highest BCUT2D eigenvalue weighted by Gasteiger charge is 2.20. The van der Waals surface area contributed by atoms with E-state index in [9.17, 15) is 4.39 Å². The number of halogens is 1. The Labute approximate surface area is 166 Å². The van der Waals surface area contributed by atoms with Crippen LogP contribution < -0.4 is 10.6 Å². The van der Waals surface area contributed by atoms with Crippen LogP contribution in [0, 0.1) is 0 Å². The first-order valence-corrected chi connectivity index (χ1v) is 9.97. The molecule has 1 atom stereocenters. The van der Waals surface area contributed by atoms with Crippen molar-refractivity contribution in [2.45, 2.75) is 19.0 Å². The largest absolute Gasteiger partial charge is 0.404 e. The van der Waals surface area contributed by atoms with Crippen LogP contribution in [-0.4, -0.2) is 47.5 Å². The number of alkyl halides is 1. The molecule has 4 rings (SSSR count). The average Bonchev–Trinajstić information content (AvgIpc) is 3.15. The van der Waals surface area contributed by atoms with Gasteiger partial charge in [-0.1, -0.05) is 0 Å². The number of thiazole rings is 1. The van der Waals surface area contributed by atoms with Gasteiger partial charge in [-0.25, -0.2) is 19.3 Å². The standard InChI is InChI=1S/C20H21FN6S/c1-23-10-14(9-22)16-5-6-17-19(25-16)26-20(28-17)13-4-7-18(24-11-13)27-8-2-3-15(21)12-27/h4-7,9-11,15H,2-3,8,12,22H2,1H3. The van der Waals surface area contributed by atoms with Gasteiger partial charge in [-0.3, -0.25) is 4.99 Å². The Balaban J connectivity index is 1.60. The molecule has 144 valence electrons. The number of nitrogens with two attached hydrogens (primary N) is 1. The molecule has 3 aromatic heterocycles. The highest BCUT2D eigenvalue weighted by atomic mass is 32.1. The monoisotopic (exact) mass is 396 g/mol. The van der Waals surface area contributed by atoms with Crippen molar-refractivity contribution in [3.63, 3.8) is 0 Å². The molecule has 0 amide bonds. The zero-order valence-electron chi connectivity index (χ0n) is 15.5. The van der Waals surface area contributed by atoms with Crippen molar-refractivity contribution in [1.29, 1.82) is 0 Å². The Morgan fingerprint density at radius 2 is 2.21 bits per heavy atom. The lowest BCUT2D eigenvalue weighted by Gasteiger charge is -2.29. The Morgan fingerprint density at radius 1 is 1.32 bits per heavy atom. The maximum Gasteiger partial charge on any atom is 0.171 e. The number of aliphatic imine (C=N–C) groups is 1. The van der Waals surface area contributed by atoms with Crippen molar-refractivity contribution >= 4 is 39.3 Å². The Hall–Kier alpha value is -2.87. The number of anilines is 1. The van der Waals surface area contributed by atoms with Gasteiger partial charge in [0.2, 0.25) is 0 Å². The quantitative estimate of drug-likeness (QED) is 0.680. The van der Waals surface area contributed by atoms with Crippen LogP contribution in [-0.2, 0) is 0 Å². The van der Waals surface area contributed by atoms with Gasteiger partial charge in [0.05, 0.1) is 16.9 Å². The van der Waals surface area contributed by atoms with E-state index in [1.165, 1.54) is 6.20 Å². The lowest BCUT2D eigenvalue weighted by molar-refractivity contribution is 0.286. The second-order valence-electron chi connectivity index (χ2n) is 6.64. The predicted molar refractivity (Wildman–Crippen MR) is 114 cm³/mol. The van der Waals surface area contributed by atoms with Crippen molar-refractivity contribution in [2.24, 2.45) is 10.7 Å². The predicted octanol–water partition coefficient (Wildman–Crippen LogP) is 3.69. The summed E-state index contributed by atoms with van der Waals surface area (Å²) in [5.74, 6) is 0.809. The van der Waals surface area contributed by atoms with Gasteiger partial charge in [-0.2, -0.15) is 0 Å². The van der Waals surface area contributed by atoms with E-state index in [1.807, 2.05) is 29.2 Å². The normalized spacial score (nSPS) is 18.3. The Bertz CT molecular complexity index is 1030. The number of hydrogen-bond donors (Lipinski definition) is 1. The first kappa shape index (κ1) is 18.5. The fourth-order valence-electron chi connectivity index (χ4n) is 3.27. The molecule has 0 aromatic carbocycles. The number of pyridine rings is 2. The van der Waals surface area contributed by atoms with E-state index in [1.54, 1.807) is 30.8 Å². The zero-order valence-corrected chi connectivity index (χ0v) is 16.4. The molecule has 28 heavy (non-hydrogen) atoms. The molecule has 0 radical (unpaired) electrons. The smallest absolute Gasteiger partial charge is 0.171 e. The topological polar surface area (TPSA) is 80.3 Å². The van der Waals surface area contributed by atoms with Gasteiger partial charge >= 0.3 is 0 Å². The van der Waals surface area contributed by atoms with Crippen LogP contribution in [0.4, 0.5) is 10.2 Å². The third kappa shape index (κ3) is 3.73. The molecular weight excluding hydrogens is 375 g/mol. The summed E-state index contributed by atoms with van der Waals surface area (Å²) in [4.78, 5) is 19.8. The first-order chi connectivity index (χ1) is 13.7. The molecule has 1 aliphatic heterocycles. The van der Waals surface area contributed by atoms with Crippen LogP contribution in [0.15, 0.2) is 41.7 Å². The second-order valence-corrected chi connectivity index (χ2v) is 7.67. The summed E-state index contributed by atoms with van der Waals surface area (Å²) in [6.45, 7) is 1.26. The molecule has 1 aliphatic rings. The fraction of sp³-hybridized carbons (Fsp3) is 0.300. The zero-order chi connectivity index (χ0) is 19.5. The van der Waals surface area contributed by atoms with Gasteiger partial charge < -0.3 is 10.6 Å². The summed E-state index contributed by atoms with van der Waals surface area (Å²) in [7, 11) is 1.69. The molecule has 0 spiro atoms. The fourth-order valence-corrected chi connectivity index (χ4v) is 4.17. The molecule has 6 nitrogen and oxygen atoms in total. The molecular formula is C20H21FN6S. The maximum atomic E-state index is 13.6.